The van der Waals surface area contributed by atoms with E-state index in [2.05, 4.69) is 5.32 Å². The van der Waals surface area contributed by atoms with Crippen LogP contribution in [0.2, 0.25) is 0 Å². The molecular weight excluding hydrogens is 396 g/mol. The number of anilines is 1. The summed E-state index contributed by atoms with van der Waals surface area (Å²) in [4.78, 5) is 37.9. The highest BCUT2D eigenvalue weighted by Gasteiger charge is 2.33. The quantitative estimate of drug-likeness (QED) is 0.577. The van der Waals surface area contributed by atoms with Crippen molar-refractivity contribution in [1.82, 2.24) is 4.90 Å². The fraction of sp³-hybridized carbons (Fsp3) is 0.100. The molecule has 28 heavy (non-hydrogen) atoms. The molecule has 0 spiro atoms. The Balaban J connectivity index is 1.73. The Morgan fingerprint density at radius 3 is 2.68 bits per heavy atom. The minimum absolute atomic E-state index is 0.0272. The fourth-order valence-corrected chi connectivity index (χ4v) is 3.91. The van der Waals surface area contributed by atoms with Gasteiger partial charge in [0.2, 0.25) is 5.91 Å². The van der Waals surface area contributed by atoms with E-state index in [1.54, 1.807) is 18.2 Å². The van der Waals surface area contributed by atoms with Crippen LogP contribution in [0.15, 0.2) is 53.4 Å². The molecule has 0 bridgehead atoms. The summed E-state index contributed by atoms with van der Waals surface area (Å²) < 4.78 is 0.283. The molecule has 0 saturated carbocycles. The molecule has 0 unspecified atom stereocenters. The average Bonchev–Trinajstić information content (AvgIpc) is 2.89. The van der Waals surface area contributed by atoms with Gasteiger partial charge in [0.1, 0.15) is 10.9 Å². The molecule has 2 amide bonds. The first-order valence-corrected chi connectivity index (χ1v) is 9.52. The van der Waals surface area contributed by atoms with Gasteiger partial charge < -0.3 is 10.4 Å². The predicted molar refractivity (Wildman–Crippen MR) is 113 cm³/mol. The zero-order valence-corrected chi connectivity index (χ0v) is 16.5. The summed E-state index contributed by atoms with van der Waals surface area (Å²) >= 11 is 6.37. The number of nitrogens with zero attached hydrogens (tertiary/aromatic N) is 1. The second-order valence-corrected chi connectivity index (χ2v) is 7.76. The molecular formula is C20H16N2O4S2. The van der Waals surface area contributed by atoms with Gasteiger partial charge in [-0.2, -0.15) is 0 Å². The SMILES string of the molecule is Cc1cccc(/C=C2\SC(=S)N(CC(=O)Nc3ccccc3C(=O)O)C2=O)c1. The van der Waals surface area contributed by atoms with Crippen LogP contribution in [0.25, 0.3) is 6.08 Å². The largest absolute Gasteiger partial charge is 0.478 e. The van der Waals surface area contributed by atoms with Crippen LogP contribution >= 0.6 is 24.0 Å². The normalized spacial score (nSPS) is 15.2. The zero-order valence-electron chi connectivity index (χ0n) is 14.8. The number of aryl methyl sites for hydroxylation is 1. The molecule has 2 aromatic carbocycles. The van der Waals surface area contributed by atoms with E-state index in [-0.39, 0.29) is 28.0 Å². The summed E-state index contributed by atoms with van der Waals surface area (Å²) in [6, 6.07) is 13.8. The van der Waals surface area contributed by atoms with Crippen LogP contribution < -0.4 is 5.32 Å². The summed E-state index contributed by atoms with van der Waals surface area (Å²) in [5, 5.41) is 11.7. The summed E-state index contributed by atoms with van der Waals surface area (Å²) in [6.45, 7) is 1.67. The van der Waals surface area contributed by atoms with Crippen molar-refractivity contribution in [2.45, 2.75) is 6.92 Å². The lowest BCUT2D eigenvalue weighted by molar-refractivity contribution is -0.126. The summed E-state index contributed by atoms with van der Waals surface area (Å²) in [5.41, 5.74) is 2.09. The molecule has 1 heterocycles. The van der Waals surface area contributed by atoms with E-state index in [0.29, 0.717) is 4.91 Å². The molecule has 1 aliphatic heterocycles. The number of nitrogens with one attached hydrogen (secondary N) is 1. The van der Waals surface area contributed by atoms with Gasteiger partial charge in [-0.25, -0.2) is 4.79 Å². The van der Waals surface area contributed by atoms with Gasteiger partial charge in [-0.05, 0) is 30.7 Å². The number of carbonyl (C=O) groups excluding carboxylic acids is 2. The van der Waals surface area contributed by atoms with Crippen LogP contribution in [0.4, 0.5) is 5.69 Å². The predicted octanol–water partition coefficient (Wildman–Crippen LogP) is 3.53. The lowest BCUT2D eigenvalue weighted by Gasteiger charge is -2.15. The van der Waals surface area contributed by atoms with Crippen molar-refractivity contribution in [2.24, 2.45) is 0 Å². The molecule has 6 nitrogen and oxygen atoms in total. The van der Waals surface area contributed by atoms with Crippen molar-refractivity contribution in [1.29, 1.82) is 0 Å². The topological polar surface area (TPSA) is 86.7 Å². The number of para-hydroxylation sites is 1. The maximum absolute atomic E-state index is 12.6. The van der Waals surface area contributed by atoms with E-state index in [1.165, 1.54) is 17.0 Å². The Kier molecular flexibility index (Phi) is 5.91. The zero-order chi connectivity index (χ0) is 20.3. The van der Waals surface area contributed by atoms with E-state index in [0.717, 1.165) is 22.9 Å². The summed E-state index contributed by atoms with van der Waals surface area (Å²) in [5.74, 6) is -2.03. The maximum atomic E-state index is 12.6. The highest BCUT2D eigenvalue weighted by molar-refractivity contribution is 8.26. The number of hydrogen-bond acceptors (Lipinski definition) is 5. The van der Waals surface area contributed by atoms with Crippen LogP contribution in [-0.4, -0.2) is 38.7 Å². The third kappa shape index (κ3) is 4.47. The van der Waals surface area contributed by atoms with E-state index >= 15 is 0 Å². The highest BCUT2D eigenvalue weighted by atomic mass is 32.2. The Labute approximate surface area is 171 Å². The van der Waals surface area contributed by atoms with Crippen molar-refractivity contribution in [2.75, 3.05) is 11.9 Å². The third-order valence-electron chi connectivity index (χ3n) is 3.95. The number of amides is 2. The van der Waals surface area contributed by atoms with Crippen molar-refractivity contribution in [3.05, 3.63) is 70.1 Å². The Hall–Kier alpha value is -2.97. The third-order valence-corrected chi connectivity index (χ3v) is 5.32. The molecule has 1 saturated heterocycles. The molecule has 0 atom stereocenters. The van der Waals surface area contributed by atoms with Gasteiger partial charge in [-0.3, -0.25) is 14.5 Å². The van der Waals surface area contributed by atoms with Crippen LogP contribution in [0.1, 0.15) is 21.5 Å². The number of rotatable bonds is 5. The number of carboxylic acids is 1. The van der Waals surface area contributed by atoms with Gasteiger partial charge >= 0.3 is 5.97 Å². The molecule has 3 rings (SSSR count). The van der Waals surface area contributed by atoms with E-state index < -0.39 is 11.9 Å². The Morgan fingerprint density at radius 2 is 1.96 bits per heavy atom. The maximum Gasteiger partial charge on any atom is 0.337 e. The number of benzene rings is 2. The monoisotopic (exact) mass is 412 g/mol. The van der Waals surface area contributed by atoms with E-state index in [1.807, 2.05) is 31.2 Å². The lowest BCUT2D eigenvalue weighted by Crippen LogP contribution is -2.36. The van der Waals surface area contributed by atoms with Crippen LogP contribution in [-0.2, 0) is 9.59 Å². The van der Waals surface area contributed by atoms with Crippen molar-refractivity contribution in [3.63, 3.8) is 0 Å². The van der Waals surface area contributed by atoms with Crippen LogP contribution in [0.5, 0.6) is 0 Å². The Morgan fingerprint density at radius 1 is 1.21 bits per heavy atom. The number of thiocarbonyl (C=S) groups is 1. The van der Waals surface area contributed by atoms with Crippen molar-refractivity contribution < 1.29 is 19.5 Å². The van der Waals surface area contributed by atoms with Gasteiger partial charge in [-0.15, -0.1) is 0 Å². The van der Waals surface area contributed by atoms with Gasteiger partial charge in [0, 0.05) is 0 Å². The second kappa shape index (κ2) is 8.37. The number of carbonyl (C=O) groups is 3. The first-order chi connectivity index (χ1) is 13.3. The first-order valence-electron chi connectivity index (χ1n) is 8.29. The molecule has 0 aromatic heterocycles. The van der Waals surface area contributed by atoms with Crippen molar-refractivity contribution >= 4 is 57.8 Å². The number of aromatic carboxylic acids is 1. The smallest absolute Gasteiger partial charge is 0.337 e. The molecule has 0 radical (unpaired) electrons. The second-order valence-electron chi connectivity index (χ2n) is 6.08. The van der Waals surface area contributed by atoms with Gasteiger partial charge in [0.05, 0.1) is 16.2 Å². The van der Waals surface area contributed by atoms with Gasteiger partial charge in [0.25, 0.3) is 5.91 Å². The van der Waals surface area contributed by atoms with E-state index in [9.17, 15) is 19.5 Å². The molecule has 8 heteroatoms. The van der Waals surface area contributed by atoms with E-state index in [4.69, 9.17) is 12.2 Å². The molecule has 2 N–H and O–H groups in total. The molecule has 2 aromatic rings. The summed E-state index contributed by atoms with van der Waals surface area (Å²) in [6.07, 6.45) is 1.74. The molecule has 0 aliphatic carbocycles. The average molecular weight is 412 g/mol. The standard InChI is InChI=1S/C20H16N2O4S2/c1-12-5-4-6-13(9-12)10-16-18(24)22(20(27)28-16)11-17(23)21-15-8-3-2-7-14(15)19(25)26/h2-10H,11H2,1H3,(H,21,23)(H,25,26)/b16-10-. The highest BCUT2D eigenvalue weighted by Crippen LogP contribution is 2.32. The van der Waals surface area contributed by atoms with Crippen LogP contribution in [0, 0.1) is 6.92 Å². The van der Waals surface area contributed by atoms with Gasteiger partial charge in [-0.1, -0.05) is 65.9 Å². The van der Waals surface area contributed by atoms with Crippen LogP contribution in [0.3, 0.4) is 0 Å². The minimum atomic E-state index is -1.15. The number of hydrogen-bond donors (Lipinski definition) is 2. The molecule has 1 fully saturated rings. The fourth-order valence-electron chi connectivity index (χ4n) is 2.66. The minimum Gasteiger partial charge on any atom is -0.478 e. The molecule has 1 aliphatic rings. The molecule has 142 valence electrons. The van der Waals surface area contributed by atoms with Gasteiger partial charge in [0.15, 0.2) is 0 Å². The first kappa shape index (κ1) is 19.8. The number of thioether (sulfide) groups is 1. The number of carboxylic acid groups (broad SMARTS) is 1. The summed E-state index contributed by atoms with van der Waals surface area (Å²) in [7, 11) is 0. The Bertz CT molecular complexity index is 1020. The van der Waals surface area contributed by atoms with Crippen molar-refractivity contribution in [3.8, 4) is 0 Å². The lowest BCUT2D eigenvalue weighted by atomic mass is 10.1.